The van der Waals surface area contributed by atoms with Crippen LogP contribution in [0.3, 0.4) is 0 Å². The Morgan fingerprint density at radius 1 is 1.06 bits per heavy atom. The molecule has 3 aromatic rings. The van der Waals surface area contributed by atoms with Crippen molar-refractivity contribution >= 4 is 23.4 Å². The number of benzene rings is 2. The maximum absolute atomic E-state index is 12.4. The number of anilines is 1. The minimum absolute atomic E-state index is 0.114. The number of hydrogen-bond donors (Lipinski definition) is 1. The summed E-state index contributed by atoms with van der Waals surface area (Å²) in [4.78, 5) is 12.4. The summed E-state index contributed by atoms with van der Waals surface area (Å²) in [6.07, 6.45) is 0. The SMILES string of the molecule is Cc1cc(C)c(NC(=O)CSc2nnc(COc3cc(C)ccc3C(C)C)o2)c(C)c1. The molecule has 0 saturated carbocycles. The highest BCUT2D eigenvalue weighted by Crippen LogP contribution is 2.28. The Hall–Kier alpha value is -2.80. The van der Waals surface area contributed by atoms with E-state index in [9.17, 15) is 4.79 Å². The monoisotopic (exact) mass is 439 g/mol. The molecule has 1 N–H and O–H groups in total. The lowest BCUT2D eigenvalue weighted by atomic mass is 10.0. The molecule has 6 nitrogen and oxygen atoms in total. The third-order valence-corrected chi connectivity index (χ3v) is 5.68. The maximum Gasteiger partial charge on any atom is 0.277 e. The van der Waals surface area contributed by atoms with Gasteiger partial charge in [-0.05, 0) is 61.9 Å². The Morgan fingerprint density at radius 2 is 1.77 bits per heavy atom. The number of hydrogen-bond acceptors (Lipinski definition) is 6. The molecule has 2 aromatic carbocycles. The highest BCUT2D eigenvalue weighted by molar-refractivity contribution is 7.99. The van der Waals surface area contributed by atoms with Crippen LogP contribution in [0.5, 0.6) is 5.75 Å². The fourth-order valence-electron chi connectivity index (χ4n) is 3.42. The van der Waals surface area contributed by atoms with Crippen LogP contribution in [0, 0.1) is 27.7 Å². The van der Waals surface area contributed by atoms with Crippen molar-refractivity contribution in [1.82, 2.24) is 10.2 Å². The van der Waals surface area contributed by atoms with Gasteiger partial charge in [0.2, 0.25) is 5.91 Å². The van der Waals surface area contributed by atoms with Gasteiger partial charge >= 0.3 is 0 Å². The molecule has 31 heavy (non-hydrogen) atoms. The van der Waals surface area contributed by atoms with E-state index in [1.165, 1.54) is 17.3 Å². The summed E-state index contributed by atoms with van der Waals surface area (Å²) in [5.74, 6) is 1.63. The average molecular weight is 440 g/mol. The number of aryl methyl sites for hydroxylation is 4. The molecule has 0 aliphatic rings. The quantitative estimate of drug-likeness (QED) is 0.451. The predicted molar refractivity (Wildman–Crippen MR) is 124 cm³/mol. The number of nitrogens with zero attached hydrogens (tertiary/aromatic N) is 2. The summed E-state index contributed by atoms with van der Waals surface area (Å²) in [5.41, 5.74) is 6.39. The van der Waals surface area contributed by atoms with Crippen molar-refractivity contribution in [3.05, 3.63) is 64.0 Å². The summed E-state index contributed by atoms with van der Waals surface area (Å²) in [5, 5.41) is 11.4. The molecule has 0 spiro atoms. The number of carbonyl (C=O) groups excluding carboxylic acids is 1. The average Bonchev–Trinajstić information content (AvgIpc) is 3.15. The zero-order valence-electron chi connectivity index (χ0n) is 18.9. The molecule has 3 rings (SSSR count). The van der Waals surface area contributed by atoms with E-state index in [4.69, 9.17) is 9.15 Å². The Bertz CT molecular complexity index is 1050. The number of carbonyl (C=O) groups is 1. The molecule has 0 unspecified atom stereocenters. The standard InChI is InChI=1S/C24H29N3O3S/c1-14(2)19-8-7-15(3)11-20(19)29-12-22-26-27-24(30-22)31-13-21(28)25-23-17(5)9-16(4)10-18(23)6/h7-11,14H,12-13H2,1-6H3,(H,25,28). The van der Waals surface area contributed by atoms with Crippen LogP contribution in [0.25, 0.3) is 0 Å². The highest BCUT2D eigenvalue weighted by atomic mass is 32.2. The molecule has 1 heterocycles. The van der Waals surface area contributed by atoms with Gasteiger partial charge in [0, 0.05) is 5.69 Å². The summed E-state index contributed by atoms with van der Waals surface area (Å²) < 4.78 is 11.6. The van der Waals surface area contributed by atoms with Gasteiger partial charge in [0.15, 0.2) is 6.61 Å². The Morgan fingerprint density at radius 3 is 2.45 bits per heavy atom. The molecule has 164 valence electrons. The van der Waals surface area contributed by atoms with E-state index in [1.54, 1.807) is 0 Å². The van der Waals surface area contributed by atoms with Gasteiger partial charge in [-0.2, -0.15) is 0 Å². The normalized spacial score (nSPS) is 11.1. The van der Waals surface area contributed by atoms with Crippen molar-refractivity contribution in [2.75, 3.05) is 11.1 Å². The van der Waals surface area contributed by atoms with E-state index in [1.807, 2.05) is 33.8 Å². The zero-order valence-corrected chi connectivity index (χ0v) is 19.7. The number of thioether (sulfide) groups is 1. The van der Waals surface area contributed by atoms with Gasteiger partial charge in [0.25, 0.3) is 11.1 Å². The maximum atomic E-state index is 12.4. The summed E-state index contributed by atoms with van der Waals surface area (Å²) in [6.45, 7) is 12.5. The molecule has 0 atom stereocenters. The van der Waals surface area contributed by atoms with E-state index in [-0.39, 0.29) is 18.3 Å². The van der Waals surface area contributed by atoms with Crippen molar-refractivity contribution in [2.45, 2.75) is 59.3 Å². The topological polar surface area (TPSA) is 77.2 Å². The summed E-state index contributed by atoms with van der Waals surface area (Å²) in [7, 11) is 0. The van der Waals surface area contributed by atoms with Gasteiger partial charge in [-0.15, -0.1) is 10.2 Å². The minimum atomic E-state index is -0.114. The van der Waals surface area contributed by atoms with Crippen molar-refractivity contribution in [3.63, 3.8) is 0 Å². The lowest BCUT2D eigenvalue weighted by Gasteiger charge is -2.13. The van der Waals surface area contributed by atoms with Crippen molar-refractivity contribution in [3.8, 4) is 5.75 Å². The van der Waals surface area contributed by atoms with Crippen LogP contribution >= 0.6 is 11.8 Å². The fourth-order valence-corrected chi connectivity index (χ4v) is 4.00. The minimum Gasteiger partial charge on any atom is -0.484 e. The van der Waals surface area contributed by atoms with Crippen LogP contribution in [0.2, 0.25) is 0 Å². The first-order valence-electron chi connectivity index (χ1n) is 10.3. The molecule has 0 aliphatic heterocycles. The number of aromatic nitrogens is 2. The van der Waals surface area contributed by atoms with E-state index in [0.29, 0.717) is 17.0 Å². The van der Waals surface area contributed by atoms with Crippen molar-refractivity contribution in [2.24, 2.45) is 0 Å². The van der Waals surface area contributed by atoms with Gasteiger partial charge in [0.1, 0.15) is 5.75 Å². The molecular weight excluding hydrogens is 410 g/mol. The van der Waals surface area contributed by atoms with Crippen LogP contribution in [0.1, 0.15) is 53.5 Å². The lowest BCUT2D eigenvalue weighted by Crippen LogP contribution is -2.15. The Labute approximate surface area is 187 Å². The molecule has 0 fully saturated rings. The number of nitrogens with one attached hydrogen (secondary N) is 1. The van der Waals surface area contributed by atoms with Crippen LogP contribution in [-0.4, -0.2) is 21.9 Å². The molecule has 1 aromatic heterocycles. The van der Waals surface area contributed by atoms with Crippen LogP contribution in [-0.2, 0) is 11.4 Å². The third kappa shape index (κ3) is 6.10. The summed E-state index contributed by atoms with van der Waals surface area (Å²) in [6, 6.07) is 10.3. The smallest absolute Gasteiger partial charge is 0.277 e. The lowest BCUT2D eigenvalue weighted by molar-refractivity contribution is -0.113. The molecule has 0 saturated heterocycles. The number of ether oxygens (including phenoxy) is 1. The Balaban J connectivity index is 1.55. The van der Waals surface area contributed by atoms with Gasteiger partial charge in [0.05, 0.1) is 5.75 Å². The second kappa shape index (κ2) is 10.0. The molecule has 0 bridgehead atoms. The van der Waals surface area contributed by atoms with Crippen molar-refractivity contribution in [1.29, 1.82) is 0 Å². The first-order chi connectivity index (χ1) is 14.7. The van der Waals surface area contributed by atoms with Gasteiger partial charge in [-0.3, -0.25) is 4.79 Å². The third-order valence-electron chi connectivity index (χ3n) is 4.86. The summed E-state index contributed by atoms with van der Waals surface area (Å²) >= 11 is 1.21. The van der Waals surface area contributed by atoms with Gasteiger partial charge < -0.3 is 14.5 Å². The number of rotatable bonds is 8. The zero-order chi connectivity index (χ0) is 22.5. The fraction of sp³-hybridized carbons (Fsp3) is 0.375. The van der Waals surface area contributed by atoms with Crippen molar-refractivity contribution < 1.29 is 13.9 Å². The van der Waals surface area contributed by atoms with Gasteiger partial charge in [-0.25, -0.2) is 0 Å². The van der Waals surface area contributed by atoms with E-state index in [0.717, 1.165) is 33.7 Å². The van der Waals surface area contributed by atoms with E-state index in [2.05, 4.69) is 53.6 Å². The first-order valence-corrected chi connectivity index (χ1v) is 11.3. The second-order valence-corrected chi connectivity index (χ2v) is 8.98. The molecular formula is C24H29N3O3S. The van der Waals surface area contributed by atoms with Gasteiger partial charge in [-0.1, -0.05) is 55.4 Å². The van der Waals surface area contributed by atoms with Crippen LogP contribution in [0.4, 0.5) is 5.69 Å². The molecule has 0 radical (unpaired) electrons. The molecule has 7 heteroatoms. The Kier molecular flexibility index (Phi) is 7.38. The van der Waals surface area contributed by atoms with Crippen LogP contribution in [0.15, 0.2) is 40.0 Å². The predicted octanol–water partition coefficient (Wildman–Crippen LogP) is 5.74. The van der Waals surface area contributed by atoms with E-state index >= 15 is 0 Å². The highest BCUT2D eigenvalue weighted by Gasteiger charge is 2.14. The van der Waals surface area contributed by atoms with Crippen LogP contribution < -0.4 is 10.1 Å². The van der Waals surface area contributed by atoms with E-state index < -0.39 is 0 Å². The second-order valence-electron chi connectivity index (χ2n) is 8.06. The molecule has 1 amide bonds. The number of amides is 1. The molecule has 0 aliphatic carbocycles. The first kappa shape index (κ1) is 22.9. The largest absolute Gasteiger partial charge is 0.484 e.